The molecule has 12 heteroatoms. The minimum absolute atomic E-state index is 0.0430. The number of aromatic nitrogens is 2. The molecule has 1 aliphatic heterocycles. The number of thioether (sulfide) groups is 2. The van der Waals surface area contributed by atoms with Crippen molar-refractivity contribution in [2.24, 2.45) is 5.10 Å². The molecule has 0 amide bonds. The lowest BCUT2D eigenvalue weighted by Crippen LogP contribution is -2.30. The molecule has 0 saturated heterocycles. The van der Waals surface area contributed by atoms with Gasteiger partial charge in [-0.25, -0.2) is 4.68 Å². The maximum atomic E-state index is 12.9. The summed E-state index contributed by atoms with van der Waals surface area (Å²) < 4.78 is 45.4. The molecule has 0 aliphatic carbocycles. The average Bonchev–Trinajstić information content (AvgIpc) is 2.71. The molecule has 0 unspecified atom stereocenters. The predicted molar refractivity (Wildman–Crippen MR) is 110 cm³/mol. The topological polar surface area (TPSA) is 83.5 Å². The Balaban J connectivity index is 1.79. The van der Waals surface area contributed by atoms with E-state index >= 15 is 0 Å². The van der Waals surface area contributed by atoms with E-state index in [4.69, 9.17) is 4.74 Å². The number of benzene rings is 1. The van der Waals surface area contributed by atoms with Crippen molar-refractivity contribution in [2.45, 2.75) is 23.4 Å². The van der Waals surface area contributed by atoms with Crippen molar-refractivity contribution in [2.75, 3.05) is 25.8 Å². The number of hydrogen-bond donors (Lipinski definition) is 0. The van der Waals surface area contributed by atoms with E-state index in [9.17, 15) is 23.2 Å². The molecule has 1 aromatic carbocycles. The SMILES string of the molecule is COCCn1ncc2c(c1=O)SC(SCc1ccc(C(F)(F)F)cc1C#N)=NN2C. The Kier molecular flexibility index (Phi) is 6.74. The molecule has 7 nitrogen and oxygen atoms in total. The highest BCUT2D eigenvalue weighted by Gasteiger charge is 2.31. The first-order valence-electron chi connectivity index (χ1n) is 8.57. The van der Waals surface area contributed by atoms with Crippen LogP contribution in [0.3, 0.4) is 0 Å². The molecule has 0 fully saturated rings. The van der Waals surface area contributed by atoms with Crippen LogP contribution in [0.2, 0.25) is 0 Å². The summed E-state index contributed by atoms with van der Waals surface area (Å²) in [5.74, 6) is 0.235. The fraction of sp³-hybridized carbons (Fsp3) is 0.333. The van der Waals surface area contributed by atoms with Gasteiger partial charge >= 0.3 is 6.18 Å². The summed E-state index contributed by atoms with van der Waals surface area (Å²) in [7, 11) is 3.21. The van der Waals surface area contributed by atoms with Crippen molar-refractivity contribution in [3.8, 4) is 6.07 Å². The molecule has 1 aromatic heterocycles. The molecule has 0 saturated carbocycles. The molecule has 2 heterocycles. The fourth-order valence-electron chi connectivity index (χ4n) is 2.59. The second-order valence-corrected chi connectivity index (χ2v) is 8.36. The quantitative estimate of drug-likeness (QED) is 0.682. The van der Waals surface area contributed by atoms with Gasteiger partial charge in [-0.1, -0.05) is 29.6 Å². The summed E-state index contributed by atoms with van der Waals surface area (Å²) in [5, 5.41) is 19.3. The Hall–Kier alpha value is -2.49. The van der Waals surface area contributed by atoms with E-state index in [1.165, 1.54) is 46.4 Å². The normalized spacial score (nSPS) is 13.6. The highest BCUT2D eigenvalue weighted by atomic mass is 32.2. The average molecular weight is 455 g/mol. The van der Waals surface area contributed by atoms with Crippen molar-refractivity contribution in [1.29, 1.82) is 5.26 Å². The maximum Gasteiger partial charge on any atom is 0.416 e. The van der Waals surface area contributed by atoms with Crippen LogP contribution < -0.4 is 10.6 Å². The zero-order chi connectivity index (χ0) is 21.9. The third-order valence-electron chi connectivity index (χ3n) is 4.17. The van der Waals surface area contributed by atoms with Gasteiger partial charge in [-0.15, -0.1) is 0 Å². The first-order valence-corrected chi connectivity index (χ1v) is 10.4. The standard InChI is InChI=1S/C18H16F3N5O2S2/c1-25-14-9-23-26(5-6-28-2)16(27)15(14)30-17(24-25)29-10-11-3-4-13(18(19,20)21)7-12(11)8-22/h3-4,7,9H,5-6,10H2,1-2H3. The van der Waals surface area contributed by atoms with Crippen molar-refractivity contribution in [3.63, 3.8) is 0 Å². The molecular formula is C18H16F3N5O2S2. The van der Waals surface area contributed by atoms with Crippen molar-refractivity contribution in [1.82, 2.24) is 9.78 Å². The fourth-order valence-corrected chi connectivity index (χ4v) is 4.78. The Morgan fingerprint density at radius 2 is 2.13 bits per heavy atom. The second-order valence-electron chi connectivity index (χ2n) is 6.14. The summed E-state index contributed by atoms with van der Waals surface area (Å²) in [6.45, 7) is 0.649. The number of halogens is 3. The van der Waals surface area contributed by atoms with E-state index in [0.29, 0.717) is 33.7 Å². The van der Waals surface area contributed by atoms with Crippen LogP contribution in [0.1, 0.15) is 16.7 Å². The second kappa shape index (κ2) is 9.11. The van der Waals surface area contributed by atoms with Crippen molar-refractivity contribution >= 4 is 33.6 Å². The van der Waals surface area contributed by atoms with Gasteiger partial charge in [0.2, 0.25) is 0 Å². The molecule has 0 bridgehead atoms. The number of hydrazone groups is 1. The Morgan fingerprint density at radius 1 is 1.37 bits per heavy atom. The lowest BCUT2D eigenvalue weighted by atomic mass is 10.1. The van der Waals surface area contributed by atoms with Gasteiger partial charge in [0, 0.05) is 19.9 Å². The van der Waals surface area contributed by atoms with Gasteiger partial charge in [0.25, 0.3) is 5.56 Å². The number of rotatable bonds is 5. The largest absolute Gasteiger partial charge is 0.416 e. The summed E-state index contributed by atoms with van der Waals surface area (Å²) in [6.07, 6.45) is -2.96. The molecule has 1 aliphatic rings. The van der Waals surface area contributed by atoms with E-state index in [0.717, 1.165) is 12.1 Å². The monoisotopic (exact) mass is 455 g/mol. The van der Waals surface area contributed by atoms with E-state index in [1.54, 1.807) is 13.2 Å². The van der Waals surface area contributed by atoms with Crippen LogP contribution in [0.25, 0.3) is 0 Å². The van der Waals surface area contributed by atoms with E-state index in [-0.39, 0.29) is 16.9 Å². The lowest BCUT2D eigenvalue weighted by molar-refractivity contribution is -0.137. The summed E-state index contributed by atoms with van der Waals surface area (Å²) in [5.41, 5.74) is -0.162. The van der Waals surface area contributed by atoms with Gasteiger partial charge in [0.1, 0.15) is 4.90 Å². The summed E-state index contributed by atoms with van der Waals surface area (Å²) in [6, 6.07) is 4.90. The van der Waals surface area contributed by atoms with Gasteiger partial charge in [-0.05, 0) is 17.7 Å². The molecular weight excluding hydrogens is 439 g/mol. The first kappa shape index (κ1) is 22.2. The molecule has 3 rings (SSSR count). The predicted octanol–water partition coefficient (Wildman–Crippen LogP) is 3.53. The molecule has 0 atom stereocenters. The molecule has 0 spiro atoms. The van der Waals surface area contributed by atoms with Gasteiger partial charge in [-0.2, -0.15) is 28.6 Å². The highest BCUT2D eigenvalue weighted by molar-refractivity contribution is 8.38. The minimum Gasteiger partial charge on any atom is -0.383 e. The van der Waals surface area contributed by atoms with E-state index in [1.807, 2.05) is 6.07 Å². The smallest absolute Gasteiger partial charge is 0.383 e. The molecule has 0 N–H and O–H groups in total. The number of nitriles is 1. The van der Waals surface area contributed by atoms with E-state index < -0.39 is 11.7 Å². The minimum atomic E-state index is -4.51. The zero-order valence-corrected chi connectivity index (χ0v) is 17.6. The zero-order valence-electron chi connectivity index (χ0n) is 15.9. The third-order valence-corrected chi connectivity index (χ3v) is 6.40. The number of hydrogen-bond acceptors (Lipinski definition) is 8. The highest BCUT2D eigenvalue weighted by Crippen LogP contribution is 2.37. The van der Waals surface area contributed by atoms with Crippen LogP contribution in [0.15, 0.2) is 39.2 Å². The Morgan fingerprint density at radius 3 is 2.80 bits per heavy atom. The Labute approximate surface area is 178 Å². The summed E-state index contributed by atoms with van der Waals surface area (Å²) in [4.78, 5) is 13.2. The number of ether oxygens (including phenoxy) is 1. The van der Waals surface area contributed by atoms with Crippen LogP contribution in [-0.2, 0) is 23.2 Å². The molecule has 0 radical (unpaired) electrons. The first-order chi connectivity index (χ1) is 14.2. The molecule has 2 aromatic rings. The third kappa shape index (κ3) is 4.80. The number of fused-ring (bicyclic) bond motifs is 1. The van der Waals surface area contributed by atoms with Gasteiger partial charge < -0.3 is 4.74 Å². The molecule has 30 heavy (non-hydrogen) atoms. The van der Waals surface area contributed by atoms with Crippen molar-refractivity contribution < 1.29 is 17.9 Å². The molecule has 158 valence electrons. The number of methoxy groups -OCH3 is 1. The van der Waals surface area contributed by atoms with Crippen LogP contribution >= 0.6 is 23.5 Å². The number of alkyl halides is 3. The van der Waals surface area contributed by atoms with Crippen molar-refractivity contribution in [3.05, 3.63) is 51.4 Å². The summed E-state index contributed by atoms with van der Waals surface area (Å²) >= 11 is 2.41. The van der Waals surface area contributed by atoms with Crippen LogP contribution in [0.4, 0.5) is 18.9 Å². The van der Waals surface area contributed by atoms with Gasteiger partial charge in [-0.3, -0.25) is 9.80 Å². The van der Waals surface area contributed by atoms with Gasteiger partial charge in [0.05, 0.1) is 42.2 Å². The Bertz CT molecular complexity index is 1080. The number of nitrogens with zero attached hydrogens (tertiary/aromatic N) is 5. The number of anilines is 1. The maximum absolute atomic E-state index is 12.9. The van der Waals surface area contributed by atoms with Crippen LogP contribution in [0, 0.1) is 11.3 Å². The van der Waals surface area contributed by atoms with E-state index in [2.05, 4.69) is 10.2 Å². The lowest BCUT2D eigenvalue weighted by Gasteiger charge is -2.23. The van der Waals surface area contributed by atoms with Crippen LogP contribution in [0.5, 0.6) is 0 Å². The van der Waals surface area contributed by atoms with Gasteiger partial charge in [0.15, 0.2) is 4.38 Å². The van der Waals surface area contributed by atoms with Crippen LogP contribution in [-0.4, -0.2) is 34.9 Å².